The van der Waals surface area contributed by atoms with E-state index in [9.17, 15) is 0 Å². The van der Waals surface area contributed by atoms with E-state index in [1.54, 1.807) is 0 Å². The molecule has 12 rings (SSSR count). The molecule has 0 amide bonds. The molecule has 0 aliphatic heterocycles. The highest BCUT2D eigenvalue weighted by Crippen LogP contribution is 2.59. The van der Waals surface area contributed by atoms with Crippen molar-refractivity contribution in [3.05, 3.63) is 273 Å². The summed E-state index contributed by atoms with van der Waals surface area (Å²) in [6.07, 6.45) is 0. The maximum Gasteiger partial charge on any atom is 0.0561 e. The van der Waals surface area contributed by atoms with Crippen LogP contribution in [0.25, 0.3) is 32.3 Å². The van der Waals surface area contributed by atoms with E-state index in [2.05, 4.69) is 420 Å². The molecule has 0 aliphatic carbocycles. The summed E-state index contributed by atoms with van der Waals surface area (Å²) < 4.78 is 0. The minimum absolute atomic E-state index is 0.0817. The van der Waals surface area contributed by atoms with Gasteiger partial charge in [0.25, 0.3) is 0 Å². The molecule has 0 fully saturated rings. The summed E-state index contributed by atoms with van der Waals surface area (Å²) in [4.78, 5) is 10.8. The van der Waals surface area contributed by atoms with Crippen LogP contribution >= 0.6 is 0 Å². The van der Waals surface area contributed by atoms with Crippen molar-refractivity contribution >= 4 is 101 Å². The predicted octanol–water partition coefficient (Wildman–Crippen LogP) is 32.6. The number of rotatable bonds is 20. The van der Waals surface area contributed by atoms with Gasteiger partial charge in [-0.25, -0.2) is 0 Å². The Morgan fingerprint density at radius 3 is 0.509 bits per heavy atom. The molecule has 12 aromatic carbocycles. The van der Waals surface area contributed by atoms with Gasteiger partial charge in [-0.1, -0.05) is 339 Å². The first-order chi connectivity index (χ1) is 50.8. The van der Waals surface area contributed by atoms with E-state index in [1.807, 2.05) is 0 Å². The SMILES string of the molecule is CC(C)c1ccccc1N(c1ccc(C(C)(C)C)cc1C(C)C)c1cc(N(c2ccccc2C(C)C)c2ccc(C(C)(C)C)cc2C(C)C)c2ccc3c(N(c4ccccc4C(C)C)c4ccc(C(C)(C)C)cc4C(C)C)cc(N(c4ccccc4C(C)C)c4ccc(C(C)(C)C)cc4C(C)C)c4ccc1c2c43. The molecule has 0 radical (unpaired) electrons. The fourth-order valence-electron chi connectivity index (χ4n) is 16.7. The Hall–Kier alpha value is -9.12. The Bertz CT molecular complexity index is 4600. The van der Waals surface area contributed by atoms with Crippen molar-refractivity contribution in [3.8, 4) is 0 Å². The van der Waals surface area contributed by atoms with Gasteiger partial charge < -0.3 is 19.6 Å². The van der Waals surface area contributed by atoms with Gasteiger partial charge in [-0.15, -0.1) is 0 Å². The van der Waals surface area contributed by atoms with Crippen LogP contribution in [0.5, 0.6) is 0 Å². The van der Waals surface area contributed by atoms with E-state index in [0.29, 0.717) is 0 Å². The Labute approximate surface area is 652 Å². The molecular weight excluding hydrogens is 1310 g/mol. The quantitative estimate of drug-likeness (QED) is 0.0705. The second kappa shape index (κ2) is 30.0. The number of para-hydroxylation sites is 4. The Balaban J connectivity index is 1.42. The molecule has 0 atom stereocenters. The summed E-state index contributed by atoms with van der Waals surface area (Å²) in [6, 6.07) is 82.3. The molecule has 0 aliphatic rings. The first-order valence-corrected chi connectivity index (χ1v) is 40.7. The van der Waals surface area contributed by atoms with E-state index in [-0.39, 0.29) is 69.0 Å². The highest BCUT2D eigenvalue weighted by Gasteiger charge is 2.36. The monoisotopic (exact) mass is 1430 g/mol. The average Bonchev–Trinajstić information content (AvgIpc) is 0.696. The second-order valence-electron chi connectivity index (χ2n) is 37.8. The molecular formula is C104H126N4. The molecule has 12 aromatic rings. The van der Waals surface area contributed by atoms with E-state index >= 15 is 0 Å². The molecule has 0 heterocycles. The molecule has 0 N–H and O–H groups in total. The predicted molar refractivity (Wildman–Crippen MR) is 476 cm³/mol. The van der Waals surface area contributed by atoms with Gasteiger partial charge >= 0.3 is 0 Å². The molecule has 0 bridgehead atoms. The Morgan fingerprint density at radius 1 is 0.176 bits per heavy atom. The highest BCUT2D eigenvalue weighted by atomic mass is 15.2. The van der Waals surface area contributed by atoms with Crippen LogP contribution in [-0.4, -0.2) is 0 Å². The smallest absolute Gasteiger partial charge is 0.0561 e. The molecule has 0 unspecified atom stereocenters. The third-order valence-electron chi connectivity index (χ3n) is 23.0. The van der Waals surface area contributed by atoms with Crippen molar-refractivity contribution in [1.29, 1.82) is 0 Å². The molecule has 0 spiro atoms. The zero-order valence-electron chi connectivity index (χ0n) is 71.0. The van der Waals surface area contributed by atoms with Crippen LogP contribution in [0.4, 0.5) is 68.2 Å². The van der Waals surface area contributed by atoms with Crippen molar-refractivity contribution in [1.82, 2.24) is 0 Å². The third kappa shape index (κ3) is 14.9. The van der Waals surface area contributed by atoms with Crippen LogP contribution in [0.15, 0.2) is 206 Å². The van der Waals surface area contributed by atoms with Crippen molar-refractivity contribution in [2.24, 2.45) is 0 Å². The van der Waals surface area contributed by atoms with Gasteiger partial charge in [-0.2, -0.15) is 0 Å². The lowest BCUT2D eigenvalue weighted by Gasteiger charge is -2.38. The minimum Gasteiger partial charge on any atom is -0.309 e. The molecule has 108 heavy (non-hydrogen) atoms. The first kappa shape index (κ1) is 78.5. The zero-order chi connectivity index (χ0) is 78.3. The largest absolute Gasteiger partial charge is 0.309 e. The van der Waals surface area contributed by atoms with Crippen LogP contribution < -0.4 is 19.6 Å². The molecule has 0 saturated heterocycles. The lowest BCUT2D eigenvalue weighted by Crippen LogP contribution is -2.21. The van der Waals surface area contributed by atoms with Gasteiger partial charge in [0.2, 0.25) is 0 Å². The van der Waals surface area contributed by atoms with Crippen LogP contribution in [0.3, 0.4) is 0 Å². The van der Waals surface area contributed by atoms with Crippen LogP contribution in [0, 0.1) is 0 Å². The minimum atomic E-state index is -0.0817. The number of nitrogens with zero attached hydrogens (tertiary/aromatic N) is 4. The number of hydrogen-bond acceptors (Lipinski definition) is 4. The highest BCUT2D eigenvalue weighted by molar-refractivity contribution is 6.33. The molecule has 4 heteroatoms. The van der Waals surface area contributed by atoms with Crippen molar-refractivity contribution in [2.45, 2.75) is 263 Å². The molecule has 0 saturated carbocycles. The topological polar surface area (TPSA) is 13.0 Å². The van der Waals surface area contributed by atoms with Gasteiger partial charge in [0, 0.05) is 77.8 Å². The third-order valence-corrected chi connectivity index (χ3v) is 23.0. The fourth-order valence-corrected chi connectivity index (χ4v) is 16.7. The van der Waals surface area contributed by atoms with Gasteiger partial charge in [-0.05, 0) is 196 Å². The van der Waals surface area contributed by atoms with Crippen LogP contribution in [-0.2, 0) is 21.7 Å². The number of benzene rings is 12. The summed E-state index contributed by atoms with van der Waals surface area (Å²) in [5.74, 6) is 1.56. The van der Waals surface area contributed by atoms with E-state index in [0.717, 1.165) is 22.7 Å². The van der Waals surface area contributed by atoms with Gasteiger partial charge in [-0.3, -0.25) is 0 Å². The number of hydrogen-bond donors (Lipinski definition) is 0. The summed E-state index contributed by atoms with van der Waals surface area (Å²) in [5, 5.41) is 7.19. The molecule has 4 nitrogen and oxygen atoms in total. The van der Waals surface area contributed by atoms with Gasteiger partial charge in [0.05, 0.1) is 22.7 Å². The maximum absolute atomic E-state index is 2.71. The maximum atomic E-state index is 2.71. The summed E-state index contributed by atoms with van der Waals surface area (Å²) in [5.41, 5.74) is 29.4. The van der Waals surface area contributed by atoms with Crippen molar-refractivity contribution in [3.63, 3.8) is 0 Å². The molecule has 562 valence electrons. The van der Waals surface area contributed by atoms with Crippen molar-refractivity contribution in [2.75, 3.05) is 19.6 Å². The standard InChI is InChI=1S/C104H126N4/c1-63(2)75-37-29-33-41-87(75)105(91-53-45-71(101(17,18)19)57-83(91)67(9)10)95-61-96(106(88-42-34-30-38-76(88)64(3)4)92-54-46-72(102(20,21)22)58-84(92)68(11)12)80-51-52-82-98(108(90-44-36-32-40-78(90)66(7)8)94-56-48-74(104(26,27)28)60-86(94)70(15)16)62-97(81-50-49-79(95)99(80)100(81)82)107(89-43-35-31-39-77(89)65(5)6)93-55-47-73(103(23,24)25)59-85(93)69(13)14/h29-70H,1-28H3. The fraction of sp³-hybridized carbons (Fsp3) is 0.385. The number of anilines is 12. The summed E-state index contributed by atoms with van der Waals surface area (Å²) >= 11 is 0. The lowest BCUT2D eigenvalue weighted by atomic mass is 9.83. The Morgan fingerprint density at radius 2 is 0.343 bits per heavy atom. The van der Waals surface area contributed by atoms with Crippen LogP contribution in [0.1, 0.15) is 308 Å². The van der Waals surface area contributed by atoms with Gasteiger partial charge in [0.1, 0.15) is 0 Å². The van der Waals surface area contributed by atoms with E-state index < -0.39 is 0 Å². The van der Waals surface area contributed by atoms with Crippen LogP contribution in [0.2, 0.25) is 0 Å². The van der Waals surface area contributed by atoms with E-state index in [4.69, 9.17) is 0 Å². The summed E-state index contributed by atoms with van der Waals surface area (Å²) in [6.45, 7) is 66.4. The first-order valence-electron chi connectivity index (χ1n) is 40.7. The van der Waals surface area contributed by atoms with E-state index in [1.165, 1.54) is 145 Å². The Kier molecular flexibility index (Phi) is 21.8. The molecule has 0 aromatic heterocycles. The lowest BCUT2D eigenvalue weighted by molar-refractivity contribution is 0.588. The zero-order valence-corrected chi connectivity index (χ0v) is 71.0. The average molecular weight is 1430 g/mol. The van der Waals surface area contributed by atoms with Crippen molar-refractivity contribution < 1.29 is 0 Å². The summed E-state index contributed by atoms with van der Waals surface area (Å²) in [7, 11) is 0. The van der Waals surface area contributed by atoms with Gasteiger partial charge in [0.15, 0.2) is 0 Å². The normalized spacial score (nSPS) is 12.7. The second-order valence-corrected chi connectivity index (χ2v) is 37.8.